The number of hydrogen-bond acceptors (Lipinski definition) is 6. The smallest absolute Gasteiger partial charge is 0.412 e. The van der Waals surface area contributed by atoms with Gasteiger partial charge in [-0.3, -0.25) is 10.7 Å². The van der Waals surface area contributed by atoms with Crippen LogP contribution < -0.4 is 14.8 Å². The summed E-state index contributed by atoms with van der Waals surface area (Å²) in [5, 5.41) is 10.3. The Morgan fingerprint density at radius 3 is 2.10 bits per heavy atom. The molecule has 40 heavy (non-hydrogen) atoms. The van der Waals surface area contributed by atoms with E-state index in [-0.39, 0.29) is 17.9 Å². The number of amidine groups is 1. The lowest BCUT2D eigenvalue weighted by atomic mass is 9.78. The van der Waals surface area contributed by atoms with Crippen LogP contribution in [0.1, 0.15) is 53.4 Å². The van der Waals surface area contributed by atoms with Gasteiger partial charge in [-0.15, -0.1) is 0 Å². The lowest BCUT2D eigenvalue weighted by molar-refractivity contribution is 0.0734. The predicted molar refractivity (Wildman–Crippen MR) is 154 cm³/mol. The van der Waals surface area contributed by atoms with E-state index in [0.29, 0.717) is 23.5 Å². The summed E-state index contributed by atoms with van der Waals surface area (Å²) in [4.78, 5) is 24.2. The first-order chi connectivity index (χ1) is 19.3. The van der Waals surface area contributed by atoms with Gasteiger partial charge in [-0.1, -0.05) is 68.4 Å². The summed E-state index contributed by atoms with van der Waals surface area (Å²) in [6.45, 7) is 6.59. The SMILES string of the molecule is CCOC(=O)NC(=N)c1ccc(OC(=O)c2cccc(COc3ccc(C(C)(C)c4ccccc4)cc3)c2)cc1. The largest absolute Gasteiger partial charge is 0.489 e. The second-order valence-corrected chi connectivity index (χ2v) is 9.64. The van der Waals surface area contributed by atoms with E-state index < -0.39 is 12.1 Å². The highest BCUT2D eigenvalue weighted by molar-refractivity contribution is 6.04. The van der Waals surface area contributed by atoms with Gasteiger partial charge in [0.25, 0.3) is 0 Å². The van der Waals surface area contributed by atoms with E-state index in [2.05, 4.69) is 55.6 Å². The molecular weight excluding hydrogens is 504 g/mol. The molecule has 0 saturated carbocycles. The zero-order valence-corrected chi connectivity index (χ0v) is 22.8. The number of benzene rings is 4. The van der Waals surface area contributed by atoms with Crippen LogP contribution in [-0.2, 0) is 16.8 Å². The van der Waals surface area contributed by atoms with Gasteiger partial charge in [-0.25, -0.2) is 9.59 Å². The van der Waals surface area contributed by atoms with E-state index in [1.807, 2.05) is 24.3 Å². The molecule has 2 N–H and O–H groups in total. The first kappa shape index (κ1) is 28.1. The number of alkyl carbamates (subject to hydrolysis) is 1. The van der Waals surface area contributed by atoms with E-state index in [1.165, 1.54) is 11.1 Å². The second kappa shape index (κ2) is 12.8. The van der Waals surface area contributed by atoms with Crippen LogP contribution in [0.15, 0.2) is 103 Å². The molecule has 1 amide bonds. The Morgan fingerprint density at radius 1 is 0.775 bits per heavy atom. The van der Waals surface area contributed by atoms with Crippen molar-refractivity contribution in [1.29, 1.82) is 5.41 Å². The predicted octanol–water partition coefficient (Wildman–Crippen LogP) is 6.88. The Morgan fingerprint density at radius 2 is 1.43 bits per heavy atom. The monoisotopic (exact) mass is 536 g/mol. The first-order valence-electron chi connectivity index (χ1n) is 13.0. The van der Waals surface area contributed by atoms with Gasteiger partial charge in [0.2, 0.25) is 0 Å². The van der Waals surface area contributed by atoms with Crippen molar-refractivity contribution in [2.75, 3.05) is 6.61 Å². The lowest BCUT2D eigenvalue weighted by Gasteiger charge is -2.26. The van der Waals surface area contributed by atoms with Crippen LogP contribution >= 0.6 is 0 Å². The van der Waals surface area contributed by atoms with Gasteiger partial charge in [0.15, 0.2) is 0 Å². The summed E-state index contributed by atoms with van der Waals surface area (Å²) >= 11 is 0. The molecule has 0 unspecified atom stereocenters. The summed E-state index contributed by atoms with van der Waals surface area (Å²) in [7, 11) is 0. The van der Waals surface area contributed by atoms with E-state index >= 15 is 0 Å². The molecule has 0 bridgehead atoms. The minimum atomic E-state index is -0.698. The maximum absolute atomic E-state index is 12.7. The van der Waals surface area contributed by atoms with Gasteiger partial charge in [0.1, 0.15) is 23.9 Å². The third kappa shape index (κ3) is 7.14. The zero-order chi connectivity index (χ0) is 28.5. The van der Waals surface area contributed by atoms with Crippen LogP contribution in [0.3, 0.4) is 0 Å². The molecular formula is C33H32N2O5. The first-order valence-corrected chi connectivity index (χ1v) is 13.0. The molecule has 0 atom stereocenters. The van der Waals surface area contributed by atoms with E-state index in [9.17, 15) is 9.59 Å². The molecule has 4 aromatic rings. The molecule has 0 heterocycles. The minimum Gasteiger partial charge on any atom is -0.489 e. The zero-order valence-electron chi connectivity index (χ0n) is 22.8. The van der Waals surface area contributed by atoms with Crippen molar-refractivity contribution in [3.8, 4) is 11.5 Å². The molecule has 0 fully saturated rings. The average Bonchev–Trinajstić information content (AvgIpc) is 2.97. The van der Waals surface area contributed by atoms with Gasteiger partial charge in [0.05, 0.1) is 12.2 Å². The number of carbonyl (C=O) groups is 2. The molecule has 204 valence electrons. The summed E-state index contributed by atoms with van der Waals surface area (Å²) < 4.78 is 16.3. The summed E-state index contributed by atoms with van der Waals surface area (Å²) in [6, 6.07) is 31.8. The highest BCUT2D eigenvalue weighted by Crippen LogP contribution is 2.32. The van der Waals surface area contributed by atoms with Crippen LogP contribution in [0.25, 0.3) is 0 Å². The molecule has 0 aromatic heterocycles. The number of rotatable bonds is 9. The van der Waals surface area contributed by atoms with Crippen LogP contribution in [0.5, 0.6) is 11.5 Å². The number of ether oxygens (including phenoxy) is 3. The molecule has 4 aromatic carbocycles. The van der Waals surface area contributed by atoms with E-state index in [0.717, 1.165) is 11.3 Å². The third-order valence-corrected chi connectivity index (χ3v) is 6.50. The van der Waals surface area contributed by atoms with Crippen molar-refractivity contribution in [2.45, 2.75) is 32.8 Å². The van der Waals surface area contributed by atoms with Crippen LogP contribution in [-0.4, -0.2) is 24.5 Å². The fourth-order valence-electron chi connectivity index (χ4n) is 4.14. The number of nitrogens with one attached hydrogen (secondary N) is 2. The van der Waals surface area contributed by atoms with Gasteiger partial charge in [-0.05, 0) is 72.1 Å². The number of carbonyl (C=O) groups excluding carboxylic acids is 2. The van der Waals surface area contributed by atoms with Crippen molar-refractivity contribution < 1.29 is 23.8 Å². The number of hydrogen-bond donors (Lipinski definition) is 2. The molecule has 0 aliphatic heterocycles. The quantitative estimate of drug-likeness (QED) is 0.105. The van der Waals surface area contributed by atoms with Gasteiger partial charge in [-0.2, -0.15) is 0 Å². The third-order valence-electron chi connectivity index (χ3n) is 6.50. The molecule has 0 saturated heterocycles. The maximum atomic E-state index is 12.7. The van der Waals surface area contributed by atoms with Gasteiger partial charge >= 0.3 is 12.1 Å². The van der Waals surface area contributed by atoms with Crippen LogP contribution in [0, 0.1) is 5.41 Å². The van der Waals surface area contributed by atoms with Crippen molar-refractivity contribution in [2.24, 2.45) is 0 Å². The summed E-state index contributed by atoms with van der Waals surface area (Å²) in [5.74, 6) is 0.432. The molecule has 0 radical (unpaired) electrons. The van der Waals surface area contributed by atoms with E-state index in [4.69, 9.17) is 19.6 Å². The highest BCUT2D eigenvalue weighted by atomic mass is 16.5. The molecule has 0 spiro atoms. The van der Waals surface area contributed by atoms with Gasteiger partial charge < -0.3 is 14.2 Å². The van der Waals surface area contributed by atoms with Crippen molar-refractivity contribution in [3.05, 3.63) is 131 Å². The Balaban J connectivity index is 1.33. The topological polar surface area (TPSA) is 97.7 Å². The summed E-state index contributed by atoms with van der Waals surface area (Å²) in [5.41, 5.74) is 3.98. The maximum Gasteiger partial charge on any atom is 0.412 e. The van der Waals surface area contributed by atoms with E-state index in [1.54, 1.807) is 49.4 Å². The molecule has 0 aliphatic carbocycles. The highest BCUT2D eigenvalue weighted by Gasteiger charge is 2.22. The molecule has 0 aliphatic rings. The number of amides is 1. The number of esters is 1. The summed E-state index contributed by atoms with van der Waals surface area (Å²) in [6.07, 6.45) is -0.698. The lowest BCUT2D eigenvalue weighted by Crippen LogP contribution is -2.30. The normalized spacial score (nSPS) is 10.9. The van der Waals surface area contributed by atoms with Gasteiger partial charge in [0, 0.05) is 11.0 Å². The molecule has 7 heteroatoms. The average molecular weight is 537 g/mol. The fourth-order valence-corrected chi connectivity index (χ4v) is 4.14. The molecule has 4 rings (SSSR count). The standard InChI is InChI=1S/C33H32N2O5/c1-4-38-32(37)35-30(34)24-13-17-29(18-14-24)40-31(36)25-10-8-9-23(21-25)22-39-28-19-15-27(16-20-28)33(2,3)26-11-6-5-7-12-26/h5-21H,4,22H2,1-3H3,(H2,34,35,37). The minimum absolute atomic E-state index is 0.112. The Bertz CT molecular complexity index is 1460. The second-order valence-electron chi connectivity index (χ2n) is 9.64. The van der Waals surface area contributed by atoms with Crippen molar-refractivity contribution in [3.63, 3.8) is 0 Å². The Hall–Kier alpha value is -4.91. The molecule has 7 nitrogen and oxygen atoms in total. The Labute approximate surface area is 234 Å². The van der Waals surface area contributed by atoms with Crippen molar-refractivity contribution in [1.82, 2.24) is 5.32 Å². The fraction of sp³-hybridized carbons (Fsp3) is 0.182. The Kier molecular flexibility index (Phi) is 8.96. The van der Waals surface area contributed by atoms with Crippen LogP contribution in [0.2, 0.25) is 0 Å². The van der Waals surface area contributed by atoms with Crippen molar-refractivity contribution >= 4 is 17.9 Å². The van der Waals surface area contributed by atoms with Crippen LogP contribution in [0.4, 0.5) is 4.79 Å².